The van der Waals surface area contributed by atoms with Crippen LogP contribution in [0.5, 0.6) is 0 Å². The van der Waals surface area contributed by atoms with Gasteiger partial charge in [0.15, 0.2) is 0 Å². The number of likely N-dealkylation sites (tertiary alicyclic amines) is 1. The summed E-state index contributed by atoms with van der Waals surface area (Å²) in [4.78, 5) is 15.7. The summed E-state index contributed by atoms with van der Waals surface area (Å²) >= 11 is 0. The van der Waals surface area contributed by atoms with Crippen molar-refractivity contribution in [2.45, 2.75) is 51.0 Å². The van der Waals surface area contributed by atoms with Gasteiger partial charge in [-0.1, -0.05) is 25.3 Å². The number of amides is 1. The van der Waals surface area contributed by atoms with Gasteiger partial charge in [0.1, 0.15) is 0 Å². The smallest absolute Gasteiger partial charge is 0.222 e. The summed E-state index contributed by atoms with van der Waals surface area (Å²) in [6.07, 6.45) is 9.73. The summed E-state index contributed by atoms with van der Waals surface area (Å²) in [5, 5.41) is 10.3. The second-order valence-electron chi connectivity index (χ2n) is 6.61. The van der Waals surface area contributed by atoms with Crippen LogP contribution >= 0.6 is 0 Å². The molecule has 0 aromatic carbocycles. The van der Waals surface area contributed by atoms with Crippen molar-refractivity contribution >= 4 is 5.91 Å². The summed E-state index contributed by atoms with van der Waals surface area (Å²) in [6.45, 7) is 7.64. The fraction of sp³-hybridized carbons (Fsp3) is 0.824. The zero-order chi connectivity index (χ0) is 15.1. The van der Waals surface area contributed by atoms with Crippen LogP contribution in [0.25, 0.3) is 0 Å². The Kier molecular flexibility index (Phi) is 6.71. The van der Waals surface area contributed by atoms with Crippen LogP contribution in [0.2, 0.25) is 0 Å². The lowest BCUT2D eigenvalue weighted by atomic mass is 9.89. The second-order valence-corrected chi connectivity index (χ2v) is 6.61. The minimum atomic E-state index is -0.449. The Morgan fingerprint density at radius 1 is 1.33 bits per heavy atom. The Hall–Kier alpha value is -0.870. The molecule has 0 radical (unpaired) electrons. The van der Waals surface area contributed by atoms with Gasteiger partial charge in [-0.3, -0.25) is 9.69 Å². The predicted molar refractivity (Wildman–Crippen MR) is 85.0 cm³/mol. The first-order chi connectivity index (χ1) is 10.2. The first kappa shape index (κ1) is 16.5. The van der Waals surface area contributed by atoms with Gasteiger partial charge in [-0.2, -0.15) is 0 Å². The van der Waals surface area contributed by atoms with Gasteiger partial charge in [0.2, 0.25) is 5.91 Å². The lowest BCUT2D eigenvalue weighted by Crippen LogP contribution is -2.42. The fourth-order valence-corrected chi connectivity index (χ4v) is 3.65. The van der Waals surface area contributed by atoms with E-state index >= 15 is 0 Å². The molecule has 1 saturated carbocycles. The van der Waals surface area contributed by atoms with Crippen molar-refractivity contribution in [1.29, 1.82) is 0 Å². The molecule has 0 spiro atoms. The quantitative estimate of drug-likeness (QED) is 0.697. The first-order valence-electron chi connectivity index (χ1n) is 8.48. The number of aliphatic hydroxyl groups excluding tert-OH is 1. The lowest BCUT2D eigenvalue weighted by Gasteiger charge is -2.31. The molecule has 1 saturated heterocycles. The van der Waals surface area contributed by atoms with E-state index in [4.69, 9.17) is 0 Å². The van der Waals surface area contributed by atoms with Gasteiger partial charge in [0.25, 0.3) is 0 Å². The van der Waals surface area contributed by atoms with Crippen molar-refractivity contribution in [1.82, 2.24) is 9.80 Å². The number of carbonyl (C=O) groups excluding carboxylic acids is 1. The third-order valence-corrected chi connectivity index (χ3v) is 4.70. The molecular weight excluding hydrogens is 264 g/mol. The third-order valence-electron chi connectivity index (χ3n) is 4.70. The van der Waals surface area contributed by atoms with Gasteiger partial charge in [-0.25, -0.2) is 0 Å². The Balaban J connectivity index is 1.77. The van der Waals surface area contributed by atoms with E-state index in [2.05, 4.69) is 11.5 Å². The highest BCUT2D eigenvalue weighted by molar-refractivity contribution is 5.78. The molecule has 4 nitrogen and oxygen atoms in total. The number of aliphatic hydroxyl groups is 1. The molecule has 0 bridgehead atoms. The monoisotopic (exact) mass is 294 g/mol. The Morgan fingerprint density at radius 3 is 2.71 bits per heavy atom. The molecule has 0 aromatic rings. The Bertz CT molecular complexity index is 340. The van der Waals surface area contributed by atoms with Crippen LogP contribution in [0.4, 0.5) is 0 Å². The summed E-state index contributed by atoms with van der Waals surface area (Å²) in [6, 6.07) is 0. The molecule has 4 heteroatoms. The molecule has 1 unspecified atom stereocenters. The van der Waals surface area contributed by atoms with Gasteiger partial charge >= 0.3 is 0 Å². The third kappa shape index (κ3) is 5.44. The number of nitrogens with zero attached hydrogens (tertiary/aromatic N) is 2. The number of carbonyl (C=O) groups is 1. The molecule has 1 aliphatic carbocycles. The van der Waals surface area contributed by atoms with Crippen LogP contribution in [-0.2, 0) is 4.79 Å². The van der Waals surface area contributed by atoms with E-state index in [0.29, 0.717) is 19.5 Å². The van der Waals surface area contributed by atoms with Crippen molar-refractivity contribution in [2.75, 3.05) is 32.7 Å². The maximum Gasteiger partial charge on any atom is 0.222 e. The van der Waals surface area contributed by atoms with E-state index in [1.165, 1.54) is 32.1 Å². The topological polar surface area (TPSA) is 43.8 Å². The summed E-state index contributed by atoms with van der Waals surface area (Å²) < 4.78 is 0. The minimum absolute atomic E-state index is 0.191. The number of β-amino-alcohol motifs (C(OH)–C–C–N with tert-alkyl or cyclic N) is 1. The van der Waals surface area contributed by atoms with Crippen molar-refractivity contribution < 1.29 is 9.90 Å². The molecule has 120 valence electrons. The van der Waals surface area contributed by atoms with E-state index in [0.717, 1.165) is 32.0 Å². The summed E-state index contributed by atoms with van der Waals surface area (Å²) in [5.74, 6) is 0.955. The Labute approximate surface area is 128 Å². The number of rotatable bonds is 8. The van der Waals surface area contributed by atoms with Crippen LogP contribution < -0.4 is 0 Å². The van der Waals surface area contributed by atoms with Crippen molar-refractivity contribution in [3.05, 3.63) is 12.7 Å². The fourth-order valence-electron chi connectivity index (χ4n) is 3.65. The number of hydrogen-bond donors (Lipinski definition) is 1. The maximum absolute atomic E-state index is 11.6. The van der Waals surface area contributed by atoms with Crippen molar-refractivity contribution in [3.63, 3.8) is 0 Å². The van der Waals surface area contributed by atoms with Crippen LogP contribution in [0, 0.1) is 5.92 Å². The molecule has 21 heavy (non-hydrogen) atoms. The standard InChI is InChI=1S/C17H30N2O2/c1-2-10-18(12-15-7-4-3-5-8-15)13-16(20)14-19-11-6-9-17(19)21/h2,15-16,20H,1,3-14H2. The van der Waals surface area contributed by atoms with Crippen LogP contribution in [0.3, 0.4) is 0 Å². The van der Waals surface area contributed by atoms with Crippen LogP contribution in [0.15, 0.2) is 12.7 Å². The van der Waals surface area contributed by atoms with Gasteiger partial charge in [0, 0.05) is 39.1 Å². The van der Waals surface area contributed by atoms with E-state index in [9.17, 15) is 9.90 Å². The highest BCUT2D eigenvalue weighted by atomic mass is 16.3. The average Bonchev–Trinajstić information content (AvgIpc) is 2.85. The van der Waals surface area contributed by atoms with Gasteiger partial charge in [0.05, 0.1) is 6.10 Å². The molecule has 2 aliphatic rings. The second kappa shape index (κ2) is 8.54. The normalized spacial score (nSPS) is 22.0. The SMILES string of the molecule is C=CCN(CC(O)CN1CCCC1=O)CC1CCCCC1. The molecule has 1 amide bonds. The van der Waals surface area contributed by atoms with Crippen molar-refractivity contribution in [3.8, 4) is 0 Å². The highest BCUT2D eigenvalue weighted by Gasteiger charge is 2.24. The molecule has 1 heterocycles. The van der Waals surface area contributed by atoms with E-state index in [1.54, 1.807) is 4.90 Å². The molecule has 2 rings (SSSR count). The largest absolute Gasteiger partial charge is 0.390 e. The molecule has 2 fully saturated rings. The zero-order valence-corrected chi connectivity index (χ0v) is 13.2. The Morgan fingerprint density at radius 2 is 2.10 bits per heavy atom. The molecule has 1 aliphatic heterocycles. The molecular formula is C17H30N2O2. The predicted octanol–water partition coefficient (Wildman–Crippen LogP) is 2.04. The number of hydrogen-bond acceptors (Lipinski definition) is 3. The van der Waals surface area contributed by atoms with Crippen LogP contribution in [-0.4, -0.2) is 59.6 Å². The van der Waals surface area contributed by atoms with Gasteiger partial charge in [-0.05, 0) is 25.2 Å². The lowest BCUT2D eigenvalue weighted by molar-refractivity contribution is -0.129. The van der Waals surface area contributed by atoms with Crippen LogP contribution in [0.1, 0.15) is 44.9 Å². The van der Waals surface area contributed by atoms with Gasteiger partial charge < -0.3 is 10.0 Å². The first-order valence-corrected chi connectivity index (χ1v) is 8.48. The highest BCUT2D eigenvalue weighted by Crippen LogP contribution is 2.24. The van der Waals surface area contributed by atoms with Crippen molar-refractivity contribution in [2.24, 2.45) is 5.92 Å². The zero-order valence-electron chi connectivity index (χ0n) is 13.2. The van der Waals surface area contributed by atoms with E-state index in [1.807, 2.05) is 6.08 Å². The molecule has 1 atom stereocenters. The van der Waals surface area contributed by atoms with E-state index in [-0.39, 0.29) is 5.91 Å². The molecule has 1 N–H and O–H groups in total. The average molecular weight is 294 g/mol. The summed E-state index contributed by atoms with van der Waals surface area (Å²) in [5.41, 5.74) is 0. The van der Waals surface area contributed by atoms with Gasteiger partial charge in [-0.15, -0.1) is 6.58 Å². The van der Waals surface area contributed by atoms with E-state index < -0.39 is 6.10 Å². The molecule has 0 aromatic heterocycles. The maximum atomic E-state index is 11.6. The minimum Gasteiger partial charge on any atom is -0.390 e. The summed E-state index contributed by atoms with van der Waals surface area (Å²) in [7, 11) is 0.